The Bertz CT molecular complexity index is 698. The van der Waals surface area contributed by atoms with Crippen LogP contribution >= 0.6 is 0 Å². The van der Waals surface area contributed by atoms with Crippen molar-refractivity contribution in [3.05, 3.63) is 59.7 Å². The lowest BCUT2D eigenvalue weighted by atomic mass is 10.1. The van der Waals surface area contributed by atoms with Crippen LogP contribution in [0.15, 0.2) is 48.5 Å². The maximum atomic E-state index is 11.8. The predicted octanol–water partition coefficient (Wildman–Crippen LogP) is 2.34. The Labute approximate surface area is 121 Å². The van der Waals surface area contributed by atoms with Crippen LogP contribution < -0.4 is 10.2 Å². The number of hydrogen-bond acceptors (Lipinski definition) is 3. The van der Waals surface area contributed by atoms with Gasteiger partial charge in [0, 0.05) is 6.54 Å². The van der Waals surface area contributed by atoms with Gasteiger partial charge in [-0.1, -0.05) is 30.3 Å². The maximum Gasteiger partial charge on any atom is 0.335 e. The number of carbonyl (C=O) groups is 2. The third-order valence-corrected chi connectivity index (χ3v) is 3.41. The number of carboxylic acids is 1. The van der Waals surface area contributed by atoms with Crippen LogP contribution in [0, 0.1) is 0 Å². The number of fused-ring (bicyclic) bond motifs is 1. The number of aromatic carboxylic acids is 1. The van der Waals surface area contributed by atoms with E-state index in [9.17, 15) is 9.59 Å². The van der Waals surface area contributed by atoms with Crippen LogP contribution in [-0.2, 0) is 11.3 Å². The molecule has 0 aliphatic carbocycles. The van der Waals surface area contributed by atoms with Gasteiger partial charge in [-0.3, -0.25) is 4.79 Å². The second-order valence-corrected chi connectivity index (χ2v) is 4.93. The molecule has 5 nitrogen and oxygen atoms in total. The Morgan fingerprint density at radius 1 is 1.19 bits per heavy atom. The highest BCUT2D eigenvalue weighted by Gasteiger charge is 2.23. The molecule has 0 aromatic heterocycles. The van der Waals surface area contributed by atoms with E-state index in [1.54, 1.807) is 12.1 Å². The molecule has 106 valence electrons. The highest BCUT2D eigenvalue weighted by molar-refractivity contribution is 6.02. The second kappa shape index (κ2) is 5.28. The van der Waals surface area contributed by atoms with Gasteiger partial charge in [0.15, 0.2) is 0 Å². The molecule has 1 aliphatic heterocycles. The Kier molecular flexibility index (Phi) is 3.31. The van der Waals surface area contributed by atoms with Crippen LogP contribution in [0.2, 0.25) is 0 Å². The summed E-state index contributed by atoms with van der Waals surface area (Å²) in [4.78, 5) is 24.8. The fraction of sp³-hybridized carbons (Fsp3) is 0.125. The third-order valence-electron chi connectivity index (χ3n) is 3.41. The van der Waals surface area contributed by atoms with Crippen LogP contribution in [0.3, 0.4) is 0 Å². The molecule has 0 fully saturated rings. The van der Waals surface area contributed by atoms with Gasteiger partial charge in [0.25, 0.3) is 0 Å². The van der Waals surface area contributed by atoms with Gasteiger partial charge in [0.1, 0.15) is 0 Å². The van der Waals surface area contributed by atoms with Crippen molar-refractivity contribution >= 4 is 23.3 Å². The largest absolute Gasteiger partial charge is 0.478 e. The summed E-state index contributed by atoms with van der Waals surface area (Å²) in [5.74, 6) is -1.07. The normalized spacial score (nSPS) is 13.5. The summed E-state index contributed by atoms with van der Waals surface area (Å²) in [7, 11) is 0. The number of benzene rings is 2. The van der Waals surface area contributed by atoms with Crippen LogP contribution in [0.25, 0.3) is 0 Å². The van der Waals surface area contributed by atoms with Crippen LogP contribution in [0.5, 0.6) is 0 Å². The van der Waals surface area contributed by atoms with E-state index >= 15 is 0 Å². The zero-order valence-electron chi connectivity index (χ0n) is 11.2. The SMILES string of the molecule is O=C1CN(Cc2ccccc2)c2cc(C(=O)O)ccc2N1. The number of amides is 1. The zero-order valence-corrected chi connectivity index (χ0v) is 11.2. The van der Waals surface area contributed by atoms with E-state index in [0.29, 0.717) is 12.2 Å². The summed E-state index contributed by atoms with van der Waals surface area (Å²) in [6.45, 7) is 0.773. The monoisotopic (exact) mass is 282 g/mol. The highest BCUT2D eigenvalue weighted by Crippen LogP contribution is 2.31. The van der Waals surface area contributed by atoms with E-state index in [-0.39, 0.29) is 18.0 Å². The molecule has 5 heteroatoms. The summed E-state index contributed by atoms with van der Waals surface area (Å²) < 4.78 is 0. The van der Waals surface area contributed by atoms with Crippen molar-refractivity contribution in [1.29, 1.82) is 0 Å². The number of carbonyl (C=O) groups excluding carboxylic acids is 1. The van der Waals surface area contributed by atoms with E-state index in [0.717, 1.165) is 11.3 Å². The minimum atomic E-state index is -0.977. The van der Waals surface area contributed by atoms with Crippen molar-refractivity contribution in [2.45, 2.75) is 6.54 Å². The molecule has 3 rings (SSSR count). The molecule has 1 aliphatic rings. The number of carboxylic acid groups (broad SMARTS) is 1. The van der Waals surface area contributed by atoms with Crippen molar-refractivity contribution in [3.8, 4) is 0 Å². The molecule has 0 bridgehead atoms. The topological polar surface area (TPSA) is 69.6 Å². The Morgan fingerprint density at radius 2 is 1.95 bits per heavy atom. The van der Waals surface area contributed by atoms with Crippen molar-refractivity contribution in [1.82, 2.24) is 0 Å². The molecule has 0 atom stereocenters. The Balaban J connectivity index is 1.97. The number of hydrogen-bond donors (Lipinski definition) is 2. The van der Waals surface area contributed by atoms with Gasteiger partial charge in [-0.25, -0.2) is 4.79 Å². The number of rotatable bonds is 3. The average molecular weight is 282 g/mol. The Hall–Kier alpha value is -2.82. The van der Waals surface area contributed by atoms with Gasteiger partial charge in [-0.05, 0) is 23.8 Å². The van der Waals surface area contributed by atoms with Gasteiger partial charge in [0.05, 0.1) is 23.5 Å². The van der Waals surface area contributed by atoms with E-state index in [1.165, 1.54) is 6.07 Å². The van der Waals surface area contributed by atoms with Crippen LogP contribution in [0.1, 0.15) is 15.9 Å². The molecule has 1 amide bonds. The molecule has 2 aromatic carbocycles. The third kappa shape index (κ3) is 2.72. The first-order valence-corrected chi connectivity index (χ1v) is 6.59. The smallest absolute Gasteiger partial charge is 0.335 e. The molecule has 0 unspecified atom stereocenters. The number of nitrogens with one attached hydrogen (secondary N) is 1. The quantitative estimate of drug-likeness (QED) is 0.906. The fourth-order valence-electron chi connectivity index (χ4n) is 2.43. The van der Waals surface area contributed by atoms with Crippen molar-refractivity contribution in [3.63, 3.8) is 0 Å². The highest BCUT2D eigenvalue weighted by atomic mass is 16.4. The van der Waals surface area contributed by atoms with Gasteiger partial charge < -0.3 is 15.3 Å². The first-order valence-electron chi connectivity index (χ1n) is 6.59. The second-order valence-electron chi connectivity index (χ2n) is 4.93. The Morgan fingerprint density at radius 3 is 2.67 bits per heavy atom. The van der Waals surface area contributed by atoms with Gasteiger partial charge in [-0.2, -0.15) is 0 Å². The molecule has 0 saturated heterocycles. The summed E-state index contributed by atoms with van der Waals surface area (Å²) >= 11 is 0. The lowest BCUT2D eigenvalue weighted by Gasteiger charge is -2.31. The predicted molar refractivity (Wildman–Crippen MR) is 79.5 cm³/mol. The van der Waals surface area contributed by atoms with Gasteiger partial charge in [0.2, 0.25) is 5.91 Å². The minimum Gasteiger partial charge on any atom is -0.478 e. The maximum absolute atomic E-state index is 11.8. The standard InChI is InChI=1S/C16H14N2O3/c19-15-10-18(9-11-4-2-1-3-5-11)14-8-12(16(20)21)6-7-13(14)17-15/h1-8H,9-10H2,(H,17,19)(H,20,21). The number of nitrogens with zero attached hydrogens (tertiary/aromatic N) is 1. The first kappa shape index (κ1) is 13.2. The van der Waals surface area contributed by atoms with E-state index in [1.807, 2.05) is 35.2 Å². The molecular formula is C16H14N2O3. The molecule has 21 heavy (non-hydrogen) atoms. The summed E-state index contributed by atoms with van der Waals surface area (Å²) in [6, 6.07) is 14.5. The van der Waals surface area contributed by atoms with E-state index in [2.05, 4.69) is 5.32 Å². The zero-order chi connectivity index (χ0) is 14.8. The molecule has 0 radical (unpaired) electrons. The molecule has 1 heterocycles. The lowest BCUT2D eigenvalue weighted by molar-refractivity contribution is -0.115. The average Bonchev–Trinajstić information content (AvgIpc) is 2.47. The van der Waals surface area contributed by atoms with Crippen molar-refractivity contribution in [2.24, 2.45) is 0 Å². The molecular weight excluding hydrogens is 268 g/mol. The summed E-state index contributed by atoms with van der Waals surface area (Å²) in [6.07, 6.45) is 0. The van der Waals surface area contributed by atoms with Gasteiger partial charge in [-0.15, -0.1) is 0 Å². The first-order chi connectivity index (χ1) is 10.1. The van der Waals surface area contributed by atoms with Crippen molar-refractivity contribution in [2.75, 3.05) is 16.8 Å². The van der Waals surface area contributed by atoms with E-state index < -0.39 is 5.97 Å². The summed E-state index contributed by atoms with van der Waals surface area (Å²) in [5, 5.41) is 11.9. The molecule has 2 N–H and O–H groups in total. The lowest BCUT2D eigenvalue weighted by Crippen LogP contribution is -2.37. The van der Waals surface area contributed by atoms with E-state index in [4.69, 9.17) is 5.11 Å². The molecule has 0 spiro atoms. The minimum absolute atomic E-state index is 0.0958. The molecule has 0 saturated carbocycles. The number of anilines is 2. The fourth-order valence-corrected chi connectivity index (χ4v) is 2.43. The summed E-state index contributed by atoms with van der Waals surface area (Å²) in [5.41, 5.74) is 2.66. The van der Waals surface area contributed by atoms with Gasteiger partial charge >= 0.3 is 5.97 Å². The van der Waals surface area contributed by atoms with Crippen molar-refractivity contribution < 1.29 is 14.7 Å². The van der Waals surface area contributed by atoms with Crippen LogP contribution in [0.4, 0.5) is 11.4 Å². The van der Waals surface area contributed by atoms with Crippen LogP contribution in [-0.4, -0.2) is 23.5 Å². The molecule has 2 aromatic rings.